The van der Waals surface area contributed by atoms with E-state index in [0.717, 1.165) is 0 Å². The monoisotopic (exact) mass is 250 g/mol. The van der Waals surface area contributed by atoms with Crippen LogP contribution in [0, 0.1) is 5.82 Å². The van der Waals surface area contributed by atoms with Gasteiger partial charge < -0.3 is 0 Å². The maximum atomic E-state index is 13.1. The molecule has 18 heavy (non-hydrogen) atoms. The number of benzene rings is 1. The fourth-order valence-corrected chi connectivity index (χ4v) is 1.90. The molecule has 2 rings (SSSR count). The number of amides is 2. The van der Waals surface area contributed by atoms with Gasteiger partial charge in [-0.2, -0.15) is 0 Å². The van der Waals surface area contributed by atoms with Crippen molar-refractivity contribution in [1.82, 2.24) is 10.2 Å². The van der Waals surface area contributed by atoms with Crippen molar-refractivity contribution in [1.29, 1.82) is 0 Å². The van der Waals surface area contributed by atoms with Crippen molar-refractivity contribution in [3.8, 4) is 0 Å². The van der Waals surface area contributed by atoms with E-state index in [-0.39, 0.29) is 30.7 Å². The molecule has 1 aliphatic rings. The van der Waals surface area contributed by atoms with Gasteiger partial charge in [0.05, 0.1) is 18.6 Å². The molecule has 2 amide bonds. The Morgan fingerprint density at radius 1 is 1.39 bits per heavy atom. The Hall–Kier alpha value is -1.75. The molecule has 0 spiro atoms. The van der Waals surface area contributed by atoms with Gasteiger partial charge in [-0.25, -0.2) is 4.39 Å². The molecule has 1 aliphatic heterocycles. The van der Waals surface area contributed by atoms with Crippen LogP contribution in [0.4, 0.5) is 4.39 Å². The van der Waals surface area contributed by atoms with Crippen LogP contribution in [-0.4, -0.2) is 28.8 Å². The lowest BCUT2D eigenvalue weighted by molar-refractivity contribution is -0.153. The third-order valence-corrected chi connectivity index (χ3v) is 2.99. The van der Waals surface area contributed by atoms with Gasteiger partial charge in [0.25, 0.3) is 0 Å². The molecule has 5 heteroatoms. The summed E-state index contributed by atoms with van der Waals surface area (Å²) in [6, 6.07) is 5.91. The minimum atomic E-state index is -0.763. The summed E-state index contributed by atoms with van der Waals surface area (Å²) < 4.78 is 13.1. The average Bonchev–Trinajstić information content (AvgIpc) is 2.31. The molecule has 1 N–H and O–H groups in total. The SMILES string of the molecule is CC1(C)NCC(=O)N(Cc2cccc(F)c2)C1=O. The Morgan fingerprint density at radius 3 is 2.78 bits per heavy atom. The minimum absolute atomic E-state index is 0.112. The van der Waals surface area contributed by atoms with Crippen molar-refractivity contribution in [2.75, 3.05) is 6.54 Å². The summed E-state index contributed by atoms with van der Waals surface area (Å²) in [5.74, 6) is -0.951. The molecule has 1 fully saturated rings. The van der Waals surface area contributed by atoms with Crippen LogP contribution in [0.15, 0.2) is 24.3 Å². The van der Waals surface area contributed by atoms with Crippen LogP contribution in [0.5, 0.6) is 0 Å². The Morgan fingerprint density at radius 2 is 2.11 bits per heavy atom. The van der Waals surface area contributed by atoms with Gasteiger partial charge in [0.15, 0.2) is 0 Å². The van der Waals surface area contributed by atoms with Gasteiger partial charge in [0, 0.05) is 0 Å². The highest BCUT2D eigenvalue weighted by atomic mass is 19.1. The third-order valence-electron chi connectivity index (χ3n) is 2.99. The van der Waals surface area contributed by atoms with Crippen LogP contribution in [-0.2, 0) is 16.1 Å². The summed E-state index contributed by atoms with van der Waals surface area (Å²) in [5.41, 5.74) is -0.157. The van der Waals surface area contributed by atoms with Crippen LogP contribution in [0.25, 0.3) is 0 Å². The summed E-state index contributed by atoms with van der Waals surface area (Å²) in [6.07, 6.45) is 0. The Kier molecular flexibility index (Phi) is 3.17. The zero-order valence-corrected chi connectivity index (χ0v) is 10.4. The highest BCUT2D eigenvalue weighted by molar-refractivity contribution is 6.02. The second-order valence-electron chi connectivity index (χ2n) is 4.89. The van der Waals surface area contributed by atoms with E-state index in [9.17, 15) is 14.0 Å². The van der Waals surface area contributed by atoms with Crippen molar-refractivity contribution in [3.63, 3.8) is 0 Å². The fraction of sp³-hybridized carbons (Fsp3) is 0.385. The molecule has 0 radical (unpaired) electrons. The predicted octanol–water partition coefficient (Wildman–Crippen LogP) is 1.06. The summed E-state index contributed by atoms with van der Waals surface area (Å²) in [7, 11) is 0. The number of halogens is 1. The smallest absolute Gasteiger partial charge is 0.249 e. The lowest BCUT2D eigenvalue weighted by Gasteiger charge is -2.36. The molecule has 1 aromatic carbocycles. The molecule has 0 aliphatic carbocycles. The Labute approximate surface area is 105 Å². The molecular weight excluding hydrogens is 235 g/mol. The topological polar surface area (TPSA) is 49.4 Å². The van der Waals surface area contributed by atoms with E-state index in [0.29, 0.717) is 5.56 Å². The summed E-state index contributed by atoms with van der Waals surface area (Å²) in [4.78, 5) is 25.0. The van der Waals surface area contributed by atoms with Gasteiger partial charge in [-0.05, 0) is 31.5 Å². The van der Waals surface area contributed by atoms with Crippen molar-refractivity contribution in [3.05, 3.63) is 35.6 Å². The maximum absolute atomic E-state index is 13.1. The van der Waals surface area contributed by atoms with Gasteiger partial charge in [0.1, 0.15) is 5.82 Å². The van der Waals surface area contributed by atoms with Crippen molar-refractivity contribution in [2.24, 2.45) is 0 Å². The molecule has 0 atom stereocenters. The summed E-state index contributed by atoms with van der Waals surface area (Å²) in [6.45, 7) is 3.68. The largest absolute Gasteiger partial charge is 0.295 e. The first-order valence-corrected chi connectivity index (χ1v) is 5.74. The zero-order valence-electron chi connectivity index (χ0n) is 10.4. The standard InChI is InChI=1S/C13H15FN2O2/c1-13(2)12(18)16(11(17)7-15-13)8-9-4-3-5-10(14)6-9/h3-6,15H,7-8H2,1-2H3. The third kappa shape index (κ3) is 2.41. The van der Waals surface area contributed by atoms with Crippen LogP contribution in [0.2, 0.25) is 0 Å². The van der Waals surface area contributed by atoms with Gasteiger partial charge in [-0.15, -0.1) is 0 Å². The number of hydrogen-bond donors (Lipinski definition) is 1. The fourth-order valence-electron chi connectivity index (χ4n) is 1.90. The van der Waals surface area contributed by atoms with Crippen LogP contribution >= 0.6 is 0 Å². The van der Waals surface area contributed by atoms with Crippen molar-refractivity contribution >= 4 is 11.8 Å². The normalized spacial score (nSPS) is 19.2. The van der Waals surface area contributed by atoms with Crippen molar-refractivity contribution < 1.29 is 14.0 Å². The molecule has 0 saturated carbocycles. The van der Waals surface area contributed by atoms with E-state index in [1.807, 2.05) is 0 Å². The Bertz CT molecular complexity index is 500. The maximum Gasteiger partial charge on any atom is 0.249 e. The van der Waals surface area contributed by atoms with Gasteiger partial charge in [-0.3, -0.25) is 19.8 Å². The summed E-state index contributed by atoms with van der Waals surface area (Å²) >= 11 is 0. The van der Waals surface area contributed by atoms with E-state index in [2.05, 4.69) is 5.32 Å². The number of imide groups is 1. The lowest BCUT2D eigenvalue weighted by atomic mass is 10.00. The Balaban J connectivity index is 2.21. The molecule has 1 aromatic rings. The molecule has 0 aromatic heterocycles. The highest BCUT2D eigenvalue weighted by Gasteiger charge is 2.39. The van der Waals surface area contributed by atoms with Gasteiger partial charge in [0.2, 0.25) is 11.8 Å². The average molecular weight is 250 g/mol. The predicted molar refractivity (Wildman–Crippen MR) is 64.0 cm³/mol. The molecular formula is C13H15FN2O2. The zero-order chi connectivity index (χ0) is 13.3. The number of nitrogens with zero attached hydrogens (tertiary/aromatic N) is 1. The van der Waals surface area contributed by atoms with Crippen LogP contribution in [0.1, 0.15) is 19.4 Å². The van der Waals surface area contributed by atoms with Crippen LogP contribution in [0.3, 0.4) is 0 Å². The molecule has 0 bridgehead atoms. The molecule has 1 heterocycles. The second-order valence-corrected chi connectivity index (χ2v) is 4.89. The molecule has 4 nitrogen and oxygen atoms in total. The number of rotatable bonds is 2. The van der Waals surface area contributed by atoms with Gasteiger partial charge in [-0.1, -0.05) is 12.1 Å². The van der Waals surface area contributed by atoms with Crippen molar-refractivity contribution in [2.45, 2.75) is 25.9 Å². The highest BCUT2D eigenvalue weighted by Crippen LogP contribution is 2.16. The van der Waals surface area contributed by atoms with E-state index < -0.39 is 5.54 Å². The van der Waals surface area contributed by atoms with E-state index in [4.69, 9.17) is 0 Å². The quantitative estimate of drug-likeness (QED) is 0.799. The number of carbonyl (C=O) groups is 2. The van der Waals surface area contributed by atoms with E-state index in [1.54, 1.807) is 26.0 Å². The summed E-state index contributed by atoms with van der Waals surface area (Å²) in [5, 5.41) is 2.87. The first-order chi connectivity index (χ1) is 8.40. The molecule has 0 unspecified atom stereocenters. The van der Waals surface area contributed by atoms with Crippen LogP contribution < -0.4 is 5.32 Å². The van der Waals surface area contributed by atoms with E-state index >= 15 is 0 Å². The number of nitrogens with one attached hydrogen (secondary N) is 1. The first kappa shape index (κ1) is 12.7. The first-order valence-electron chi connectivity index (χ1n) is 5.74. The number of carbonyl (C=O) groups excluding carboxylic acids is 2. The number of piperazine rings is 1. The molecule has 1 saturated heterocycles. The lowest BCUT2D eigenvalue weighted by Crippen LogP contribution is -2.63. The van der Waals surface area contributed by atoms with Gasteiger partial charge >= 0.3 is 0 Å². The molecule has 96 valence electrons. The second kappa shape index (κ2) is 4.49. The number of hydrogen-bond acceptors (Lipinski definition) is 3. The van der Waals surface area contributed by atoms with E-state index in [1.165, 1.54) is 17.0 Å². The minimum Gasteiger partial charge on any atom is -0.295 e.